The summed E-state index contributed by atoms with van der Waals surface area (Å²) in [4.78, 5) is 10.1. The number of aromatic nitrogens is 2. The zero-order chi connectivity index (χ0) is 34.7. The molecule has 1 unspecified atom stereocenters. The third kappa shape index (κ3) is 5.86. The second-order valence-electron chi connectivity index (χ2n) is 13.0. The first-order valence-corrected chi connectivity index (χ1v) is 17.2. The molecule has 4 nitrogen and oxygen atoms in total. The Balaban J connectivity index is 1.28. The van der Waals surface area contributed by atoms with Crippen molar-refractivity contribution in [3.05, 3.63) is 240 Å². The minimum absolute atomic E-state index is 0.547. The van der Waals surface area contributed by atoms with Crippen LogP contribution >= 0.6 is 0 Å². The molecule has 0 aliphatic heterocycles. The Morgan fingerprint density at radius 1 is 0.569 bits per heavy atom. The molecule has 0 aliphatic rings. The molecule has 0 radical (unpaired) electrons. The van der Waals surface area contributed by atoms with Crippen LogP contribution in [0.1, 0.15) is 46.0 Å². The molecule has 0 saturated carbocycles. The molecule has 0 amide bonds. The Hall–Kier alpha value is -6.36. The van der Waals surface area contributed by atoms with Crippen molar-refractivity contribution in [2.45, 2.75) is 18.1 Å². The molecule has 0 aliphatic carbocycles. The van der Waals surface area contributed by atoms with Gasteiger partial charge in [0.1, 0.15) is 11.1 Å². The monoisotopic (exact) mass is 659 g/mol. The molecule has 7 aromatic carbocycles. The maximum Gasteiger partial charge on any atom is 0.131 e. The molecule has 8 rings (SSSR count). The summed E-state index contributed by atoms with van der Waals surface area (Å²) in [5.41, 5.74) is 6.17. The molecule has 0 saturated heterocycles. The van der Waals surface area contributed by atoms with Crippen molar-refractivity contribution >= 4 is 22.2 Å². The van der Waals surface area contributed by atoms with Crippen molar-refractivity contribution < 1.29 is 5.11 Å². The Bertz CT molecular complexity index is 2280. The second kappa shape index (κ2) is 13.5. The number of hydrogen-bond donors (Lipinski definition) is 1. The van der Waals surface area contributed by atoms with Gasteiger partial charge < -0.3 is 9.67 Å². The highest BCUT2D eigenvalue weighted by molar-refractivity contribution is 6.14. The molecule has 4 heteroatoms. The van der Waals surface area contributed by atoms with Gasteiger partial charge in [0.2, 0.25) is 0 Å². The predicted molar refractivity (Wildman–Crippen MR) is 208 cm³/mol. The predicted octanol–water partition coefficient (Wildman–Crippen LogP) is 10.3. The number of nitrogens with zero attached hydrogens (tertiary/aromatic N) is 3. The van der Waals surface area contributed by atoms with Gasteiger partial charge >= 0.3 is 0 Å². The normalized spacial score (nSPS) is 12.7. The zero-order valence-corrected chi connectivity index (χ0v) is 28.3. The molecular weight excluding hydrogens is 623 g/mol. The number of benzene rings is 7. The van der Waals surface area contributed by atoms with Crippen LogP contribution in [0.4, 0.5) is 5.69 Å². The van der Waals surface area contributed by atoms with E-state index in [0.29, 0.717) is 5.69 Å². The van der Waals surface area contributed by atoms with Crippen molar-refractivity contribution in [1.82, 2.24) is 9.55 Å². The Labute approximate surface area is 298 Å². The number of imidazole rings is 1. The Kier molecular flexibility index (Phi) is 8.44. The maximum absolute atomic E-state index is 12.6. The molecule has 8 aromatic rings. The lowest BCUT2D eigenvalue weighted by Crippen LogP contribution is -2.37. The van der Waals surface area contributed by atoms with Gasteiger partial charge in [-0.3, -0.25) is 0 Å². The standard InChI is InChI=1S/C47H37N3O/c1-46(51,43-29-17-22-35-30-31-41(32-42(35)43)49-45(36-18-7-2-8-19-36)37-20-9-3-10-21-37)44-33-50(34-48-44)47(38-23-11-4-12-24-38,39-25-13-5-14-26-39)40-27-15-6-16-28-40/h2-34,51H,1H3. The second-order valence-corrected chi connectivity index (χ2v) is 13.0. The van der Waals surface area contributed by atoms with Gasteiger partial charge in [-0.2, -0.15) is 0 Å². The fourth-order valence-electron chi connectivity index (χ4n) is 7.25. The SMILES string of the molecule is CC(O)(c1cn(C(c2ccccc2)(c2ccccc2)c2ccccc2)cn1)c1cccc2ccc(N=C(c3ccccc3)c3ccccc3)cc12. The third-order valence-corrected chi connectivity index (χ3v) is 9.77. The van der Waals surface area contributed by atoms with Gasteiger partial charge in [-0.15, -0.1) is 0 Å². The first-order chi connectivity index (χ1) is 25.0. The van der Waals surface area contributed by atoms with E-state index in [1.807, 2.05) is 92.2 Å². The summed E-state index contributed by atoms with van der Waals surface area (Å²) >= 11 is 0. The van der Waals surface area contributed by atoms with Crippen molar-refractivity contribution in [2.24, 2.45) is 4.99 Å². The highest BCUT2D eigenvalue weighted by atomic mass is 16.3. The third-order valence-electron chi connectivity index (χ3n) is 9.77. The summed E-state index contributed by atoms with van der Waals surface area (Å²) in [5, 5.41) is 14.5. The van der Waals surface area contributed by atoms with Crippen LogP contribution < -0.4 is 0 Å². The number of aliphatic imine (C=N–C) groups is 1. The first-order valence-electron chi connectivity index (χ1n) is 17.2. The summed E-state index contributed by atoms with van der Waals surface area (Å²) in [6.07, 6.45) is 3.85. The van der Waals surface area contributed by atoms with E-state index in [9.17, 15) is 5.11 Å². The number of aliphatic hydroxyl groups is 1. The summed E-state index contributed by atoms with van der Waals surface area (Å²) in [7, 11) is 0. The molecule has 1 atom stereocenters. The van der Waals surface area contributed by atoms with E-state index in [0.717, 1.165) is 55.6 Å². The largest absolute Gasteiger partial charge is 0.379 e. The quantitative estimate of drug-likeness (QED) is 0.124. The molecule has 51 heavy (non-hydrogen) atoms. The molecular formula is C47H37N3O. The van der Waals surface area contributed by atoms with Crippen LogP contribution in [0.25, 0.3) is 10.8 Å². The van der Waals surface area contributed by atoms with Gasteiger partial charge in [-0.1, -0.05) is 176 Å². The summed E-state index contributed by atoms with van der Waals surface area (Å²) in [5.74, 6) is 0. The van der Waals surface area contributed by atoms with E-state index in [1.165, 1.54) is 0 Å². The lowest BCUT2D eigenvalue weighted by atomic mass is 9.76. The Morgan fingerprint density at radius 2 is 1.06 bits per heavy atom. The molecule has 0 spiro atoms. The van der Waals surface area contributed by atoms with Crippen LogP contribution in [0.3, 0.4) is 0 Å². The van der Waals surface area contributed by atoms with Crippen LogP contribution in [0, 0.1) is 0 Å². The molecule has 1 aromatic heterocycles. The summed E-state index contributed by atoms with van der Waals surface area (Å²) in [6.45, 7) is 1.83. The van der Waals surface area contributed by atoms with Crippen molar-refractivity contribution in [3.63, 3.8) is 0 Å². The molecule has 0 fully saturated rings. The molecule has 0 bridgehead atoms. The lowest BCUT2D eigenvalue weighted by molar-refractivity contribution is 0.0993. The van der Waals surface area contributed by atoms with E-state index < -0.39 is 11.1 Å². The van der Waals surface area contributed by atoms with Gasteiger partial charge in [-0.05, 0) is 52.1 Å². The van der Waals surface area contributed by atoms with E-state index >= 15 is 0 Å². The van der Waals surface area contributed by atoms with Gasteiger partial charge in [0, 0.05) is 17.3 Å². The minimum Gasteiger partial charge on any atom is -0.379 e. The van der Waals surface area contributed by atoms with Crippen molar-refractivity contribution in [2.75, 3.05) is 0 Å². The van der Waals surface area contributed by atoms with Gasteiger partial charge in [0.15, 0.2) is 0 Å². The number of rotatable bonds is 9. The van der Waals surface area contributed by atoms with Crippen molar-refractivity contribution in [3.8, 4) is 0 Å². The highest BCUT2D eigenvalue weighted by Crippen LogP contribution is 2.42. The highest BCUT2D eigenvalue weighted by Gasteiger charge is 2.40. The molecule has 1 N–H and O–H groups in total. The summed E-state index contributed by atoms with van der Waals surface area (Å²) in [6, 6.07) is 64.2. The van der Waals surface area contributed by atoms with E-state index in [2.05, 4.69) is 120 Å². The van der Waals surface area contributed by atoms with Gasteiger partial charge in [-0.25, -0.2) is 9.98 Å². The van der Waals surface area contributed by atoms with Crippen molar-refractivity contribution in [1.29, 1.82) is 0 Å². The van der Waals surface area contributed by atoms with Crippen LogP contribution in [-0.2, 0) is 11.1 Å². The van der Waals surface area contributed by atoms with Gasteiger partial charge in [0.05, 0.1) is 23.4 Å². The Morgan fingerprint density at radius 3 is 1.57 bits per heavy atom. The fourth-order valence-corrected chi connectivity index (χ4v) is 7.25. The van der Waals surface area contributed by atoms with Gasteiger partial charge in [0.25, 0.3) is 0 Å². The number of hydrogen-bond acceptors (Lipinski definition) is 3. The van der Waals surface area contributed by atoms with Crippen LogP contribution in [-0.4, -0.2) is 20.4 Å². The fraction of sp³-hybridized carbons (Fsp3) is 0.0638. The van der Waals surface area contributed by atoms with Crippen LogP contribution in [0.2, 0.25) is 0 Å². The average Bonchev–Trinajstić information content (AvgIpc) is 3.71. The molecule has 1 heterocycles. The van der Waals surface area contributed by atoms with Crippen LogP contribution in [0.15, 0.2) is 206 Å². The zero-order valence-electron chi connectivity index (χ0n) is 28.3. The number of fused-ring (bicyclic) bond motifs is 1. The van der Waals surface area contributed by atoms with E-state index in [-0.39, 0.29) is 0 Å². The lowest BCUT2D eigenvalue weighted by Gasteiger charge is -2.37. The first kappa shape index (κ1) is 31.9. The maximum atomic E-state index is 12.6. The minimum atomic E-state index is -1.43. The molecule has 246 valence electrons. The van der Waals surface area contributed by atoms with Crippen LogP contribution in [0.5, 0.6) is 0 Å². The van der Waals surface area contributed by atoms with E-state index in [4.69, 9.17) is 9.98 Å². The summed E-state index contributed by atoms with van der Waals surface area (Å²) < 4.78 is 2.14. The average molecular weight is 660 g/mol. The topological polar surface area (TPSA) is 50.4 Å². The smallest absolute Gasteiger partial charge is 0.131 e. The van der Waals surface area contributed by atoms with E-state index in [1.54, 1.807) is 0 Å².